The normalized spacial score (nSPS) is 17.8. The molecule has 1 saturated heterocycles. The van der Waals surface area contributed by atoms with E-state index < -0.39 is 39.4 Å². The van der Waals surface area contributed by atoms with Crippen LogP contribution in [0.15, 0.2) is 23.1 Å². The number of ether oxygens (including phenoxy) is 2. The zero-order valence-corrected chi connectivity index (χ0v) is 14.1. The Balaban J connectivity index is 2.31. The van der Waals surface area contributed by atoms with Crippen molar-refractivity contribution in [1.29, 1.82) is 0 Å². The van der Waals surface area contributed by atoms with Gasteiger partial charge in [0.05, 0.1) is 17.1 Å². The van der Waals surface area contributed by atoms with E-state index in [-0.39, 0.29) is 31.0 Å². The highest BCUT2D eigenvalue weighted by Gasteiger charge is 2.32. The molecule has 0 N–H and O–H groups in total. The smallest absolute Gasteiger partial charge is 0.347 e. The molecule has 2 rings (SSSR count). The van der Waals surface area contributed by atoms with E-state index in [1.165, 1.54) is 4.31 Å². The summed E-state index contributed by atoms with van der Waals surface area (Å²) in [6.45, 7) is 3.94. The van der Waals surface area contributed by atoms with Crippen molar-refractivity contribution in [2.75, 3.05) is 19.7 Å². The van der Waals surface area contributed by atoms with Gasteiger partial charge >= 0.3 is 11.9 Å². The molecule has 0 spiro atoms. The van der Waals surface area contributed by atoms with Crippen LogP contribution < -0.4 is 0 Å². The van der Waals surface area contributed by atoms with Crippen LogP contribution in [0.3, 0.4) is 0 Å². The zero-order chi connectivity index (χ0) is 17.9. The van der Waals surface area contributed by atoms with Crippen molar-refractivity contribution in [2.45, 2.75) is 31.3 Å². The van der Waals surface area contributed by atoms with Crippen molar-refractivity contribution in [3.8, 4) is 0 Å². The average molecular weight is 359 g/mol. The molecule has 1 atom stereocenters. The largest absolute Gasteiger partial charge is 0.463 e. The molecular formula is C15H18FNO6S. The van der Waals surface area contributed by atoms with Gasteiger partial charge in [-0.15, -0.1) is 0 Å². The van der Waals surface area contributed by atoms with E-state index in [1.807, 2.05) is 0 Å². The van der Waals surface area contributed by atoms with E-state index in [0.717, 1.165) is 18.2 Å². The first kappa shape index (κ1) is 18.3. The third-order valence-electron chi connectivity index (χ3n) is 3.64. The summed E-state index contributed by atoms with van der Waals surface area (Å²) in [6.07, 6.45) is -0.913. The van der Waals surface area contributed by atoms with Crippen molar-refractivity contribution in [1.82, 2.24) is 4.31 Å². The van der Waals surface area contributed by atoms with Crippen molar-refractivity contribution in [3.05, 3.63) is 29.6 Å². The third-order valence-corrected chi connectivity index (χ3v) is 5.68. The predicted molar refractivity (Wildman–Crippen MR) is 81.3 cm³/mol. The van der Waals surface area contributed by atoms with Gasteiger partial charge in [0.15, 0.2) is 0 Å². The van der Waals surface area contributed by atoms with Gasteiger partial charge in [-0.3, -0.25) is 0 Å². The van der Waals surface area contributed by atoms with Gasteiger partial charge in [-0.05, 0) is 18.2 Å². The molecular weight excluding hydrogens is 341 g/mol. The quantitative estimate of drug-likeness (QED) is 0.712. The summed E-state index contributed by atoms with van der Waals surface area (Å²) in [4.78, 5) is 23.2. The number of halogens is 1. The van der Waals surface area contributed by atoms with Gasteiger partial charge in [0.25, 0.3) is 0 Å². The Labute approximate surface area is 139 Å². The molecule has 0 unspecified atom stereocenters. The minimum Gasteiger partial charge on any atom is -0.463 e. The number of hydrogen-bond donors (Lipinski definition) is 0. The van der Waals surface area contributed by atoms with Crippen LogP contribution in [0.5, 0.6) is 0 Å². The van der Waals surface area contributed by atoms with Gasteiger partial charge < -0.3 is 9.47 Å². The summed E-state index contributed by atoms with van der Waals surface area (Å²) in [5.41, 5.74) is -0.539. The number of cyclic esters (lactones) is 1. The van der Waals surface area contributed by atoms with Crippen LogP contribution in [0.1, 0.15) is 30.6 Å². The number of carbonyl (C=O) groups excluding carboxylic acids is 2. The molecule has 1 aromatic rings. The molecule has 0 amide bonds. The van der Waals surface area contributed by atoms with Gasteiger partial charge in [-0.1, -0.05) is 13.8 Å². The summed E-state index contributed by atoms with van der Waals surface area (Å²) in [6, 6.07) is 2.90. The van der Waals surface area contributed by atoms with E-state index >= 15 is 0 Å². The van der Waals surface area contributed by atoms with Crippen LogP contribution in [0, 0.1) is 5.82 Å². The number of carbonyl (C=O) groups is 2. The summed E-state index contributed by atoms with van der Waals surface area (Å²) in [7, 11) is -3.84. The molecule has 0 aromatic heterocycles. The SMILES string of the molecule is CCN(CC)S(=O)(=O)c1ccc(F)c(C(=O)O[C@@H]2CCOC2=O)c1. The molecule has 1 fully saturated rings. The van der Waals surface area contributed by atoms with E-state index in [9.17, 15) is 22.4 Å². The number of rotatable bonds is 6. The zero-order valence-electron chi connectivity index (χ0n) is 13.3. The van der Waals surface area contributed by atoms with Crippen LogP contribution in [0.4, 0.5) is 4.39 Å². The second-order valence-electron chi connectivity index (χ2n) is 5.08. The van der Waals surface area contributed by atoms with Gasteiger partial charge in [-0.25, -0.2) is 22.4 Å². The van der Waals surface area contributed by atoms with E-state index in [1.54, 1.807) is 13.8 Å². The highest BCUT2D eigenvalue weighted by atomic mass is 32.2. The topological polar surface area (TPSA) is 90.0 Å². The molecule has 1 aromatic carbocycles. The van der Waals surface area contributed by atoms with Crippen molar-refractivity contribution >= 4 is 22.0 Å². The predicted octanol–water partition coefficient (Wildman–Crippen LogP) is 1.33. The lowest BCUT2D eigenvalue weighted by molar-refractivity contribution is -0.145. The fraction of sp³-hybridized carbons (Fsp3) is 0.467. The first-order valence-corrected chi connectivity index (χ1v) is 8.92. The molecule has 1 aliphatic heterocycles. The number of benzene rings is 1. The minimum atomic E-state index is -3.84. The highest BCUT2D eigenvalue weighted by molar-refractivity contribution is 7.89. The Morgan fingerprint density at radius 3 is 2.58 bits per heavy atom. The Morgan fingerprint density at radius 2 is 2.04 bits per heavy atom. The Bertz CT molecular complexity index is 744. The van der Waals surface area contributed by atoms with Crippen LogP contribution in [-0.4, -0.2) is 50.5 Å². The number of hydrogen-bond acceptors (Lipinski definition) is 6. The van der Waals surface area contributed by atoms with Crippen LogP contribution >= 0.6 is 0 Å². The highest BCUT2D eigenvalue weighted by Crippen LogP contribution is 2.21. The number of esters is 2. The standard InChI is InChI=1S/C15H18FNO6S/c1-3-17(4-2)24(20,21)10-5-6-12(16)11(9-10)14(18)23-13-7-8-22-15(13)19/h5-6,9,13H,3-4,7-8H2,1-2H3/t13-/m1/s1. The average Bonchev–Trinajstić information content (AvgIpc) is 2.93. The van der Waals surface area contributed by atoms with Gasteiger partial charge in [-0.2, -0.15) is 4.31 Å². The second-order valence-corrected chi connectivity index (χ2v) is 7.02. The molecule has 1 aliphatic rings. The molecule has 0 radical (unpaired) electrons. The lowest BCUT2D eigenvalue weighted by Gasteiger charge is -2.19. The Morgan fingerprint density at radius 1 is 1.38 bits per heavy atom. The van der Waals surface area contributed by atoms with Crippen molar-refractivity contribution < 1.29 is 31.9 Å². The maximum absolute atomic E-state index is 13.9. The molecule has 0 bridgehead atoms. The molecule has 1 heterocycles. The minimum absolute atomic E-state index is 0.121. The van der Waals surface area contributed by atoms with Gasteiger partial charge in [0.1, 0.15) is 5.82 Å². The fourth-order valence-corrected chi connectivity index (χ4v) is 3.80. The van der Waals surface area contributed by atoms with E-state index in [0.29, 0.717) is 0 Å². The number of sulfonamides is 1. The first-order valence-electron chi connectivity index (χ1n) is 7.48. The summed E-state index contributed by atoms with van der Waals surface area (Å²) < 4.78 is 49.6. The first-order chi connectivity index (χ1) is 11.3. The van der Waals surface area contributed by atoms with Crippen LogP contribution in [-0.2, 0) is 24.3 Å². The summed E-state index contributed by atoms with van der Waals surface area (Å²) >= 11 is 0. The second kappa shape index (κ2) is 7.27. The lowest BCUT2D eigenvalue weighted by atomic mass is 10.2. The maximum Gasteiger partial charge on any atom is 0.347 e. The summed E-state index contributed by atoms with van der Waals surface area (Å²) in [5, 5.41) is 0. The third kappa shape index (κ3) is 3.57. The Hall–Kier alpha value is -2.00. The molecule has 0 aliphatic carbocycles. The molecule has 24 heavy (non-hydrogen) atoms. The van der Waals surface area contributed by atoms with Gasteiger partial charge in [0.2, 0.25) is 16.1 Å². The van der Waals surface area contributed by atoms with E-state index in [4.69, 9.17) is 4.74 Å². The van der Waals surface area contributed by atoms with E-state index in [2.05, 4.69) is 4.74 Å². The van der Waals surface area contributed by atoms with Crippen LogP contribution in [0.2, 0.25) is 0 Å². The molecule has 132 valence electrons. The van der Waals surface area contributed by atoms with Crippen molar-refractivity contribution in [2.24, 2.45) is 0 Å². The maximum atomic E-state index is 13.9. The van der Waals surface area contributed by atoms with Crippen molar-refractivity contribution in [3.63, 3.8) is 0 Å². The molecule has 0 saturated carbocycles. The number of nitrogens with zero attached hydrogens (tertiary/aromatic N) is 1. The monoisotopic (exact) mass is 359 g/mol. The lowest BCUT2D eigenvalue weighted by Crippen LogP contribution is -2.31. The molecule has 9 heteroatoms. The fourth-order valence-electron chi connectivity index (χ4n) is 2.31. The Kier molecular flexibility index (Phi) is 5.55. The van der Waals surface area contributed by atoms with Crippen LogP contribution in [0.25, 0.3) is 0 Å². The van der Waals surface area contributed by atoms with Gasteiger partial charge in [0, 0.05) is 19.5 Å². The summed E-state index contributed by atoms with van der Waals surface area (Å²) in [5.74, 6) is -2.73. The molecule has 7 nitrogen and oxygen atoms in total.